The zero-order valence-electron chi connectivity index (χ0n) is 9.19. The van der Waals surface area contributed by atoms with E-state index in [2.05, 4.69) is 5.10 Å². The van der Waals surface area contributed by atoms with Crippen LogP contribution in [-0.4, -0.2) is 22.7 Å². The van der Waals surface area contributed by atoms with E-state index < -0.39 is 0 Å². The summed E-state index contributed by atoms with van der Waals surface area (Å²) in [6.45, 7) is 2.68. The molecule has 0 spiro atoms. The first-order valence-corrected chi connectivity index (χ1v) is 5.39. The average molecular weight is 208 g/mol. The summed E-state index contributed by atoms with van der Waals surface area (Å²) in [5.74, 6) is 1.36. The summed E-state index contributed by atoms with van der Waals surface area (Å²) in [6, 6.07) is 0. The number of Topliss-reactive ketones (excluding diaryl/α,β-unsaturated/α-hetero) is 1. The molecule has 0 bridgehead atoms. The SMILES string of the molecule is CCn1ncc(OC)c1C(=O)CC1CC1. The first kappa shape index (κ1) is 10.2. The third-order valence-corrected chi connectivity index (χ3v) is 2.76. The fourth-order valence-electron chi connectivity index (χ4n) is 1.72. The zero-order chi connectivity index (χ0) is 10.8. The highest BCUT2D eigenvalue weighted by Crippen LogP contribution is 2.34. The van der Waals surface area contributed by atoms with E-state index in [9.17, 15) is 4.79 Å². The molecule has 0 amide bonds. The first-order valence-electron chi connectivity index (χ1n) is 5.39. The Labute approximate surface area is 89.2 Å². The number of methoxy groups -OCH3 is 1. The van der Waals surface area contributed by atoms with Crippen molar-refractivity contribution < 1.29 is 9.53 Å². The summed E-state index contributed by atoms with van der Waals surface area (Å²) in [7, 11) is 1.57. The van der Waals surface area contributed by atoms with Crippen LogP contribution < -0.4 is 4.74 Å². The van der Waals surface area contributed by atoms with E-state index in [4.69, 9.17) is 4.74 Å². The molecule has 1 saturated carbocycles. The molecule has 4 heteroatoms. The van der Waals surface area contributed by atoms with Crippen molar-refractivity contribution in [2.75, 3.05) is 7.11 Å². The molecular weight excluding hydrogens is 192 g/mol. The summed E-state index contributed by atoms with van der Waals surface area (Å²) in [6.07, 6.45) is 4.63. The molecule has 0 radical (unpaired) electrons. The van der Waals surface area contributed by atoms with Crippen LogP contribution in [0.5, 0.6) is 5.75 Å². The van der Waals surface area contributed by atoms with Gasteiger partial charge in [-0.15, -0.1) is 0 Å². The summed E-state index contributed by atoms with van der Waals surface area (Å²) in [4.78, 5) is 12.0. The van der Waals surface area contributed by atoms with Crippen molar-refractivity contribution in [2.45, 2.75) is 32.7 Å². The number of aryl methyl sites for hydroxylation is 1. The Morgan fingerprint density at radius 3 is 2.93 bits per heavy atom. The van der Waals surface area contributed by atoms with E-state index in [0.29, 0.717) is 30.3 Å². The number of carbonyl (C=O) groups is 1. The number of ether oxygens (including phenoxy) is 1. The molecular formula is C11H16N2O2. The molecule has 0 N–H and O–H groups in total. The molecule has 1 heterocycles. The van der Waals surface area contributed by atoms with Gasteiger partial charge in [0.1, 0.15) is 5.69 Å². The summed E-state index contributed by atoms with van der Waals surface area (Å²) >= 11 is 0. The van der Waals surface area contributed by atoms with Gasteiger partial charge >= 0.3 is 0 Å². The quantitative estimate of drug-likeness (QED) is 0.694. The molecule has 1 aromatic heterocycles. The maximum Gasteiger partial charge on any atom is 0.184 e. The second-order valence-electron chi connectivity index (χ2n) is 3.95. The van der Waals surface area contributed by atoms with Gasteiger partial charge in [0, 0.05) is 13.0 Å². The molecule has 0 atom stereocenters. The second-order valence-corrected chi connectivity index (χ2v) is 3.95. The fourth-order valence-corrected chi connectivity index (χ4v) is 1.72. The molecule has 2 rings (SSSR count). The van der Waals surface area contributed by atoms with Crippen LogP contribution in [0.3, 0.4) is 0 Å². The van der Waals surface area contributed by atoms with Crippen LogP contribution in [0.25, 0.3) is 0 Å². The van der Waals surface area contributed by atoms with Crippen molar-refractivity contribution in [1.82, 2.24) is 9.78 Å². The summed E-state index contributed by atoms with van der Waals surface area (Å²) < 4.78 is 6.86. The van der Waals surface area contributed by atoms with Crippen LogP contribution in [0, 0.1) is 5.92 Å². The van der Waals surface area contributed by atoms with Gasteiger partial charge in [-0.3, -0.25) is 9.48 Å². The molecule has 1 aliphatic carbocycles. The Morgan fingerprint density at radius 1 is 1.67 bits per heavy atom. The monoisotopic (exact) mass is 208 g/mol. The van der Waals surface area contributed by atoms with Crippen molar-refractivity contribution >= 4 is 5.78 Å². The molecule has 1 aromatic rings. The number of nitrogens with zero attached hydrogens (tertiary/aromatic N) is 2. The molecule has 0 aromatic carbocycles. The van der Waals surface area contributed by atoms with Crippen LogP contribution in [-0.2, 0) is 6.54 Å². The van der Waals surface area contributed by atoms with Crippen LogP contribution in [0.15, 0.2) is 6.20 Å². The molecule has 0 aliphatic heterocycles. The molecule has 1 aliphatic rings. The van der Waals surface area contributed by atoms with Crippen molar-refractivity contribution in [1.29, 1.82) is 0 Å². The van der Waals surface area contributed by atoms with Crippen LogP contribution in [0.4, 0.5) is 0 Å². The number of rotatable bonds is 5. The minimum absolute atomic E-state index is 0.161. The Kier molecular flexibility index (Phi) is 2.75. The topological polar surface area (TPSA) is 44.1 Å². The van der Waals surface area contributed by atoms with Crippen molar-refractivity contribution in [2.24, 2.45) is 5.92 Å². The van der Waals surface area contributed by atoms with Gasteiger partial charge in [0.05, 0.1) is 13.3 Å². The maximum absolute atomic E-state index is 12.0. The third-order valence-electron chi connectivity index (χ3n) is 2.76. The van der Waals surface area contributed by atoms with E-state index >= 15 is 0 Å². The van der Waals surface area contributed by atoms with Gasteiger partial charge in [0.25, 0.3) is 0 Å². The Hall–Kier alpha value is -1.32. The highest BCUT2D eigenvalue weighted by Gasteiger charge is 2.28. The largest absolute Gasteiger partial charge is 0.493 e. The van der Waals surface area contributed by atoms with Gasteiger partial charge in [0.2, 0.25) is 0 Å². The molecule has 0 unspecified atom stereocenters. The van der Waals surface area contributed by atoms with Gasteiger partial charge in [-0.2, -0.15) is 5.10 Å². The van der Waals surface area contributed by atoms with Crippen molar-refractivity contribution in [3.63, 3.8) is 0 Å². The van der Waals surface area contributed by atoms with Gasteiger partial charge in [-0.1, -0.05) is 0 Å². The zero-order valence-corrected chi connectivity index (χ0v) is 9.19. The van der Waals surface area contributed by atoms with E-state index in [1.54, 1.807) is 18.0 Å². The maximum atomic E-state index is 12.0. The lowest BCUT2D eigenvalue weighted by Gasteiger charge is -2.05. The van der Waals surface area contributed by atoms with Gasteiger partial charge < -0.3 is 4.74 Å². The van der Waals surface area contributed by atoms with Crippen molar-refractivity contribution in [3.05, 3.63) is 11.9 Å². The van der Waals surface area contributed by atoms with Gasteiger partial charge in [-0.05, 0) is 25.7 Å². The fraction of sp³-hybridized carbons (Fsp3) is 0.636. The van der Waals surface area contributed by atoms with Crippen LogP contribution >= 0.6 is 0 Å². The number of hydrogen-bond donors (Lipinski definition) is 0. The first-order chi connectivity index (χ1) is 7.26. The van der Waals surface area contributed by atoms with Crippen LogP contribution in [0.1, 0.15) is 36.7 Å². The summed E-state index contributed by atoms with van der Waals surface area (Å²) in [5, 5.41) is 4.13. The Morgan fingerprint density at radius 2 is 2.40 bits per heavy atom. The minimum atomic E-state index is 0.161. The highest BCUT2D eigenvalue weighted by molar-refractivity contribution is 5.97. The van der Waals surface area contributed by atoms with Gasteiger partial charge in [0.15, 0.2) is 11.5 Å². The molecule has 1 fully saturated rings. The normalized spacial score (nSPS) is 15.3. The molecule has 82 valence electrons. The predicted molar refractivity (Wildman–Crippen MR) is 56.1 cm³/mol. The minimum Gasteiger partial charge on any atom is -0.493 e. The number of carbonyl (C=O) groups excluding carboxylic acids is 1. The molecule has 15 heavy (non-hydrogen) atoms. The Balaban J connectivity index is 2.21. The number of hydrogen-bond acceptors (Lipinski definition) is 3. The second kappa shape index (κ2) is 4.04. The van der Waals surface area contributed by atoms with Gasteiger partial charge in [-0.25, -0.2) is 0 Å². The molecule has 4 nitrogen and oxygen atoms in total. The van der Waals surface area contributed by atoms with E-state index in [-0.39, 0.29) is 5.78 Å². The lowest BCUT2D eigenvalue weighted by atomic mass is 10.1. The number of aromatic nitrogens is 2. The van der Waals surface area contributed by atoms with E-state index in [1.807, 2.05) is 6.92 Å². The van der Waals surface area contributed by atoms with Crippen molar-refractivity contribution in [3.8, 4) is 5.75 Å². The van der Waals surface area contributed by atoms with Crippen LogP contribution in [0.2, 0.25) is 0 Å². The summed E-state index contributed by atoms with van der Waals surface area (Å²) in [5.41, 5.74) is 0.631. The lowest BCUT2D eigenvalue weighted by Crippen LogP contribution is -2.11. The highest BCUT2D eigenvalue weighted by atomic mass is 16.5. The molecule has 0 saturated heterocycles. The van der Waals surface area contributed by atoms with E-state index in [1.165, 1.54) is 12.8 Å². The third kappa shape index (κ3) is 2.03. The predicted octanol–water partition coefficient (Wildman–Crippen LogP) is 1.89. The standard InChI is InChI=1S/C11H16N2O2/c1-3-13-11(10(15-2)7-12-13)9(14)6-8-4-5-8/h7-8H,3-6H2,1-2H3. The average Bonchev–Trinajstić information content (AvgIpc) is 2.95. The van der Waals surface area contributed by atoms with E-state index in [0.717, 1.165) is 0 Å². The Bertz CT molecular complexity index is 345. The smallest absolute Gasteiger partial charge is 0.184 e. The number of ketones is 1. The lowest BCUT2D eigenvalue weighted by molar-refractivity contribution is 0.0962.